The molecule has 0 radical (unpaired) electrons. The van der Waals surface area contributed by atoms with Gasteiger partial charge < -0.3 is 16.2 Å². The Kier molecular flexibility index (Phi) is 3.69. The molecule has 1 rings (SSSR count). The summed E-state index contributed by atoms with van der Waals surface area (Å²) in [6.07, 6.45) is 2.58. The van der Waals surface area contributed by atoms with Crippen molar-refractivity contribution in [1.29, 1.82) is 0 Å². The summed E-state index contributed by atoms with van der Waals surface area (Å²) in [4.78, 5) is 11.3. The molecule has 0 heterocycles. The summed E-state index contributed by atoms with van der Waals surface area (Å²) in [5, 5.41) is 12.2. The first-order chi connectivity index (χ1) is 6.15. The standard InChI is InChI=1S/C9H18N2O2/c1-2-3-7(10)8(12)9(13)11-6-4-5-6/h6-8,12H,2-5,10H2,1H3,(H,11,13)/t7-,8-/m1/s1. The number of nitrogens with two attached hydrogens (primary N) is 1. The van der Waals surface area contributed by atoms with Gasteiger partial charge in [0.2, 0.25) is 0 Å². The van der Waals surface area contributed by atoms with Gasteiger partial charge in [0, 0.05) is 12.1 Å². The lowest BCUT2D eigenvalue weighted by Gasteiger charge is -2.17. The van der Waals surface area contributed by atoms with Gasteiger partial charge in [0.25, 0.3) is 5.91 Å². The third kappa shape index (κ3) is 3.32. The Balaban J connectivity index is 2.26. The van der Waals surface area contributed by atoms with Gasteiger partial charge in [-0.05, 0) is 19.3 Å². The van der Waals surface area contributed by atoms with Gasteiger partial charge in [0.15, 0.2) is 0 Å². The Labute approximate surface area is 78.5 Å². The van der Waals surface area contributed by atoms with E-state index in [1.165, 1.54) is 0 Å². The summed E-state index contributed by atoms with van der Waals surface area (Å²) < 4.78 is 0. The molecule has 0 aromatic carbocycles. The van der Waals surface area contributed by atoms with Gasteiger partial charge in [0.05, 0.1) is 0 Å². The van der Waals surface area contributed by atoms with Crippen molar-refractivity contribution in [1.82, 2.24) is 5.32 Å². The smallest absolute Gasteiger partial charge is 0.250 e. The molecule has 0 aromatic rings. The van der Waals surface area contributed by atoms with Crippen LogP contribution in [0.2, 0.25) is 0 Å². The fourth-order valence-corrected chi connectivity index (χ4v) is 1.20. The van der Waals surface area contributed by atoms with Gasteiger partial charge >= 0.3 is 0 Å². The molecule has 1 aliphatic carbocycles. The van der Waals surface area contributed by atoms with Gasteiger partial charge in [-0.3, -0.25) is 4.79 Å². The maximum atomic E-state index is 11.3. The zero-order valence-electron chi connectivity index (χ0n) is 7.99. The van der Waals surface area contributed by atoms with Crippen molar-refractivity contribution in [3.8, 4) is 0 Å². The number of amides is 1. The molecule has 0 aliphatic heterocycles. The largest absolute Gasteiger partial charge is 0.382 e. The Morgan fingerprint density at radius 3 is 2.77 bits per heavy atom. The molecule has 0 aromatic heterocycles. The zero-order valence-corrected chi connectivity index (χ0v) is 7.99. The molecule has 13 heavy (non-hydrogen) atoms. The first-order valence-electron chi connectivity index (χ1n) is 4.89. The fourth-order valence-electron chi connectivity index (χ4n) is 1.20. The molecule has 4 heteroatoms. The van der Waals surface area contributed by atoms with Crippen molar-refractivity contribution in [2.75, 3.05) is 0 Å². The minimum Gasteiger partial charge on any atom is -0.382 e. The molecule has 1 saturated carbocycles. The van der Waals surface area contributed by atoms with Crippen LogP contribution in [-0.4, -0.2) is 29.2 Å². The van der Waals surface area contributed by atoms with E-state index in [-0.39, 0.29) is 11.9 Å². The molecule has 1 aliphatic rings. The van der Waals surface area contributed by atoms with E-state index in [0.717, 1.165) is 19.3 Å². The maximum Gasteiger partial charge on any atom is 0.250 e. The number of carbonyl (C=O) groups is 1. The van der Waals surface area contributed by atoms with Crippen LogP contribution in [0.3, 0.4) is 0 Å². The van der Waals surface area contributed by atoms with Crippen molar-refractivity contribution in [3.05, 3.63) is 0 Å². The Morgan fingerprint density at radius 1 is 1.69 bits per heavy atom. The third-order valence-electron chi connectivity index (χ3n) is 2.22. The maximum absolute atomic E-state index is 11.3. The first-order valence-corrected chi connectivity index (χ1v) is 4.89. The summed E-state index contributed by atoms with van der Waals surface area (Å²) in [5.41, 5.74) is 5.61. The van der Waals surface area contributed by atoms with Crippen molar-refractivity contribution in [3.63, 3.8) is 0 Å². The van der Waals surface area contributed by atoms with Crippen molar-refractivity contribution in [2.45, 2.75) is 50.8 Å². The SMILES string of the molecule is CCC[C@@H](N)[C@@H](O)C(=O)NC1CC1. The second-order valence-corrected chi connectivity index (χ2v) is 3.68. The molecule has 4 nitrogen and oxygen atoms in total. The average Bonchev–Trinajstić information content (AvgIpc) is 2.87. The lowest BCUT2D eigenvalue weighted by Crippen LogP contribution is -2.46. The number of aliphatic hydroxyl groups excluding tert-OH is 1. The average molecular weight is 186 g/mol. The zero-order chi connectivity index (χ0) is 9.84. The highest BCUT2D eigenvalue weighted by molar-refractivity contribution is 5.81. The molecular formula is C9H18N2O2. The topological polar surface area (TPSA) is 75.3 Å². The highest BCUT2D eigenvalue weighted by Crippen LogP contribution is 2.18. The summed E-state index contributed by atoms with van der Waals surface area (Å²) in [7, 11) is 0. The van der Waals surface area contributed by atoms with Crippen LogP contribution in [0.4, 0.5) is 0 Å². The molecule has 0 spiro atoms. The molecule has 76 valence electrons. The van der Waals surface area contributed by atoms with Crippen LogP contribution in [0.5, 0.6) is 0 Å². The molecular weight excluding hydrogens is 168 g/mol. The van der Waals surface area contributed by atoms with E-state index in [4.69, 9.17) is 5.73 Å². The normalized spacial score (nSPS) is 20.8. The summed E-state index contributed by atoms with van der Waals surface area (Å²) in [5.74, 6) is -0.316. The minimum absolute atomic E-state index is 0.288. The number of nitrogens with one attached hydrogen (secondary N) is 1. The molecule has 0 saturated heterocycles. The van der Waals surface area contributed by atoms with Gasteiger partial charge in [-0.2, -0.15) is 0 Å². The third-order valence-corrected chi connectivity index (χ3v) is 2.22. The lowest BCUT2D eigenvalue weighted by molar-refractivity contribution is -0.130. The van der Waals surface area contributed by atoms with Crippen LogP contribution in [0.1, 0.15) is 32.6 Å². The molecule has 0 unspecified atom stereocenters. The minimum atomic E-state index is -1.04. The van der Waals surface area contributed by atoms with Crippen LogP contribution >= 0.6 is 0 Å². The van der Waals surface area contributed by atoms with Crippen LogP contribution in [-0.2, 0) is 4.79 Å². The fraction of sp³-hybridized carbons (Fsp3) is 0.889. The molecule has 1 amide bonds. The monoisotopic (exact) mass is 186 g/mol. The van der Waals surface area contributed by atoms with E-state index < -0.39 is 12.1 Å². The van der Waals surface area contributed by atoms with Gasteiger partial charge in [0.1, 0.15) is 6.10 Å². The quantitative estimate of drug-likeness (QED) is 0.554. The van der Waals surface area contributed by atoms with Gasteiger partial charge in [-0.1, -0.05) is 13.3 Å². The molecule has 4 N–H and O–H groups in total. The van der Waals surface area contributed by atoms with E-state index in [2.05, 4.69) is 5.32 Å². The van der Waals surface area contributed by atoms with Crippen LogP contribution in [0.15, 0.2) is 0 Å². The first kappa shape index (κ1) is 10.5. The second-order valence-electron chi connectivity index (χ2n) is 3.68. The Morgan fingerprint density at radius 2 is 2.31 bits per heavy atom. The van der Waals surface area contributed by atoms with E-state index >= 15 is 0 Å². The van der Waals surface area contributed by atoms with E-state index in [1.54, 1.807) is 0 Å². The highest BCUT2D eigenvalue weighted by Gasteiger charge is 2.28. The number of rotatable bonds is 5. The van der Waals surface area contributed by atoms with Crippen LogP contribution in [0, 0.1) is 0 Å². The summed E-state index contributed by atoms with van der Waals surface area (Å²) >= 11 is 0. The number of aliphatic hydroxyl groups is 1. The van der Waals surface area contributed by atoms with E-state index in [9.17, 15) is 9.90 Å². The van der Waals surface area contributed by atoms with Gasteiger partial charge in [-0.25, -0.2) is 0 Å². The molecule has 0 bridgehead atoms. The van der Waals surface area contributed by atoms with Crippen LogP contribution < -0.4 is 11.1 Å². The second kappa shape index (κ2) is 4.58. The van der Waals surface area contributed by atoms with E-state index in [0.29, 0.717) is 6.42 Å². The Bertz CT molecular complexity index is 180. The predicted octanol–water partition coefficient (Wildman–Crippen LogP) is -0.247. The Hall–Kier alpha value is -0.610. The van der Waals surface area contributed by atoms with Crippen molar-refractivity contribution >= 4 is 5.91 Å². The lowest BCUT2D eigenvalue weighted by atomic mass is 10.1. The number of hydrogen-bond acceptors (Lipinski definition) is 3. The molecule has 1 fully saturated rings. The van der Waals surface area contributed by atoms with E-state index in [1.807, 2.05) is 6.92 Å². The number of carbonyl (C=O) groups excluding carboxylic acids is 1. The predicted molar refractivity (Wildman–Crippen MR) is 50.1 cm³/mol. The highest BCUT2D eigenvalue weighted by atomic mass is 16.3. The van der Waals surface area contributed by atoms with Gasteiger partial charge in [-0.15, -0.1) is 0 Å². The summed E-state index contributed by atoms with van der Waals surface area (Å²) in [6.45, 7) is 1.98. The van der Waals surface area contributed by atoms with Crippen LogP contribution in [0.25, 0.3) is 0 Å². The molecule has 2 atom stereocenters. The van der Waals surface area contributed by atoms with Crippen molar-refractivity contribution in [2.24, 2.45) is 5.73 Å². The number of hydrogen-bond donors (Lipinski definition) is 3. The summed E-state index contributed by atoms with van der Waals surface area (Å²) in [6, 6.07) is -0.139. The van der Waals surface area contributed by atoms with Crippen molar-refractivity contribution < 1.29 is 9.90 Å².